The SMILES string of the molecule is CCCCC1CCC(C2CC=C(c3cc(F)c(F)c(F)c3C)CC2)CC1. The fourth-order valence-corrected chi connectivity index (χ4v) is 4.99. The van der Waals surface area contributed by atoms with Gasteiger partial charge in [0, 0.05) is 0 Å². The fourth-order valence-electron chi connectivity index (χ4n) is 4.99. The lowest BCUT2D eigenvalue weighted by atomic mass is 9.70. The summed E-state index contributed by atoms with van der Waals surface area (Å²) in [6, 6.07) is 1.17. The first-order valence-electron chi connectivity index (χ1n) is 10.3. The Kier molecular flexibility index (Phi) is 6.47. The molecule has 1 aromatic carbocycles. The molecule has 0 N–H and O–H groups in total. The van der Waals surface area contributed by atoms with Crippen molar-refractivity contribution in [1.82, 2.24) is 0 Å². The van der Waals surface area contributed by atoms with Gasteiger partial charge in [0.2, 0.25) is 0 Å². The van der Waals surface area contributed by atoms with Gasteiger partial charge < -0.3 is 0 Å². The van der Waals surface area contributed by atoms with Gasteiger partial charge in [0.05, 0.1) is 0 Å². The van der Waals surface area contributed by atoms with Gasteiger partial charge >= 0.3 is 0 Å². The van der Waals surface area contributed by atoms with Gasteiger partial charge in [0.15, 0.2) is 17.5 Å². The van der Waals surface area contributed by atoms with Crippen LogP contribution in [0.4, 0.5) is 13.2 Å². The van der Waals surface area contributed by atoms with E-state index in [1.54, 1.807) is 0 Å². The molecule has 0 aromatic heterocycles. The number of benzene rings is 1. The normalized spacial score (nSPS) is 26.7. The number of allylic oxidation sites excluding steroid dienone is 2. The van der Waals surface area contributed by atoms with Crippen LogP contribution < -0.4 is 0 Å². The van der Waals surface area contributed by atoms with Gasteiger partial charge in [-0.1, -0.05) is 45.1 Å². The van der Waals surface area contributed by atoms with Gasteiger partial charge in [-0.05, 0) is 79.5 Å². The van der Waals surface area contributed by atoms with Crippen molar-refractivity contribution in [3.63, 3.8) is 0 Å². The minimum Gasteiger partial charge on any atom is -0.204 e. The zero-order valence-corrected chi connectivity index (χ0v) is 16.1. The van der Waals surface area contributed by atoms with Gasteiger partial charge in [-0.25, -0.2) is 13.2 Å². The molecule has 0 aliphatic heterocycles. The van der Waals surface area contributed by atoms with E-state index in [0.717, 1.165) is 36.7 Å². The van der Waals surface area contributed by atoms with Crippen molar-refractivity contribution in [3.05, 3.63) is 40.7 Å². The molecule has 0 saturated heterocycles. The minimum atomic E-state index is -1.36. The highest BCUT2D eigenvalue weighted by molar-refractivity contribution is 5.69. The van der Waals surface area contributed by atoms with Crippen molar-refractivity contribution in [3.8, 4) is 0 Å². The molecule has 1 unspecified atom stereocenters. The Morgan fingerprint density at radius 2 is 1.69 bits per heavy atom. The minimum absolute atomic E-state index is 0.227. The van der Waals surface area contributed by atoms with E-state index < -0.39 is 17.5 Å². The Bertz CT molecular complexity index is 654. The summed E-state index contributed by atoms with van der Waals surface area (Å²) in [5.74, 6) is -1.08. The van der Waals surface area contributed by atoms with E-state index in [0.29, 0.717) is 11.5 Å². The molecule has 1 aromatic rings. The smallest absolute Gasteiger partial charge is 0.194 e. The van der Waals surface area contributed by atoms with E-state index >= 15 is 0 Å². The number of hydrogen-bond acceptors (Lipinski definition) is 0. The molecule has 0 amide bonds. The summed E-state index contributed by atoms with van der Waals surface area (Å²) in [6.45, 7) is 3.80. The predicted octanol–water partition coefficient (Wildman–Crippen LogP) is 7.59. The fraction of sp³-hybridized carbons (Fsp3) is 0.652. The lowest BCUT2D eigenvalue weighted by molar-refractivity contribution is 0.188. The molecular formula is C23H31F3. The highest BCUT2D eigenvalue weighted by Crippen LogP contribution is 2.42. The maximum Gasteiger partial charge on any atom is 0.194 e. The summed E-state index contributed by atoms with van der Waals surface area (Å²) < 4.78 is 40.9. The molecule has 1 saturated carbocycles. The van der Waals surface area contributed by atoms with Crippen molar-refractivity contribution < 1.29 is 13.2 Å². The van der Waals surface area contributed by atoms with Crippen molar-refractivity contribution in [2.75, 3.05) is 0 Å². The second-order valence-electron chi connectivity index (χ2n) is 8.35. The summed E-state index contributed by atoms with van der Waals surface area (Å²) >= 11 is 0. The maximum absolute atomic E-state index is 13.9. The van der Waals surface area contributed by atoms with Crippen molar-refractivity contribution in [1.29, 1.82) is 0 Å². The summed E-state index contributed by atoms with van der Waals surface area (Å²) in [7, 11) is 0. The van der Waals surface area contributed by atoms with Crippen LogP contribution in [0.25, 0.3) is 5.57 Å². The Hall–Kier alpha value is -1.25. The monoisotopic (exact) mass is 364 g/mol. The molecule has 0 nitrogen and oxygen atoms in total. The molecule has 3 rings (SSSR count). The first-order valence-corrected chi connectivity index (χ1v) is 10.3. The zero-order valence-electron chi connectivity index (χ0n) is 16.1. The van der Waals surface area contributed by atoms with Crippen molar-refractivity contribution >= 4 is 5.57 Å². The van der Waals surface area contributed by atoms with E-state index in [1.807, 2.05) is 0 Å². The van der Waals surface area contributed by atoms with Crippen molar-refractivity contribution in [2.24, 2.45) is 17.8 Å². The van der Waals surface area contributed by atoms with Crippen LogP contribution in [0.5, 0.6) is 0 Å². The molecule has 2 aliphatic rings. The van der Waals surface area contributed by atoms with Gasteiger partial charge in [0.1, 0.15) is 0 Å². The van der Waals surface area contributed by atoms with Crippen LogP contribution in [0.3, 0.4) is 0 Å². The molecule has 26 heavy (non-hydrogen) atoms. The lowest BCUT2D eigenvalue weighted by Gasteiger charge is -2.35. The Morgan fingerprint density at radius 3 is 2.31 bits per heavy atom. The number of rotatable bonds is 5. The van der Waals surface area contributed by atoms with E-state index in [4.69, 9.17) is 0 Å². The standard InChI is InChI=1S/C23H31F3/c1-3-4-5-16-6-8-17(9-7-16)18-10-12-19(13-11-18)20-14-21(24)23(26)22(25)15(20)2/h12,14,16-18H,3-11,13H2,1-2H3. The third-order valence-electron chi connectivity index (χ3n) is 6.73. The quantitative estimate of drug-likeness (QED) is 0.472. The van der Waals surface area contributed by atoms with Crippen LogP contribution in [-0.2, 0) is 0 Å². The van der Waals surface area contributed by atoms with E-state index in [2.05, 4.69) is 13.0 Å². The van der Waals surface area contributed by atoms with E-state index in [1.165, 1.54) is 57.9 Å². The van der Waals surface area contributed by atoms with Crippen molar-refractivity contribution in [2.45, 2.75) is 78.1 Å². The average molecular weight is 364 g/mol. The molecule has 0 heterocycles. The molecule has 1 fully saturated rings. The molecule has 3 heteroatoms. The molecular weight excluding hydrogens is 333 g/mol. The number of halogens is 3. The topological polar surface area (TPSA) is 0 Å². The van der Waals surface area contributed by atoms with Gasteiger partial charge in [0.25, 0.3) is 0 Å². The van der Waals surface area contributed by atoms with Crippen LogP contribution in [0.15, 0.2) is 12.1 Å². The number of unbranched alkanes of at least 4 members (excludes halogenated alkanes) is 1. The molecule has 2 aliphatic carbocycles. The lowest BCUT2D eigenvalue weighted by Crippen LogP contribution is -2.23. The van der Waals surface area contributed by atoms with E-state index in [-0.39, 0.29) is 5.56 Å². The zero-order chi connectivity index (χ0) is 18.7. The number of hydrogen-bond donors (Lipinski definition) is 0. The Labute approximate surface area is 155 Å². The van der Waals surface area contributed by atoms with Crippen LogP contribution in [-0.4, -0.2) is 0 Å². The summed E-state index contributed by atoms with van der Waals surface area (Å²) in [4.78, 5) is 0. The molecule has 0 radical (unpaired) electrons. The van der Waals surface area contributed by atoms with Crippen LogP contribution in [0.2, 0.25) is 0 Å². The highest BCUT2D eigenvalue weighted by atomic mass is 19.2. The molecule has 0 bridgehead atoms. The van der Waals surface area contributed by atoms with Gasteiger partial charge in [-0.15, -0.1) is 0 Å². The third-order valence-corrected chi connectivity index (χ3v) is 6.73. The second kappa shape index (κ2) is 8.63. The Balaban J connectivity index is 1.61. The summed E-state index contributed by atoms with van der Waals surface area (Å²) in [5, 5.41) is 0. The first-order chi connectivity index (χ1) is 12.5. The van der Waals surface area contributed by atoms with Crippen LogP contribution in [0.1, 0.15) is 82.3 Å². The second-order valence-corrected chi connectivity index (χ2v) is 8.35. The third kappa shape index (κ3) is 4.18. The first kappa shape index (κ1) is 19.5. The predicted molar refractivity (Wildman–Crippen MR) is 101 cm³/mol. The summed E-state index contributed by atoms with van der Waals surface area (Å²) in [6.07, 6.45) is 14.5. The maximum atomic E-state index is 13.9. The highest BCUT2D eigenvalue weighted by Gasteiger charge is 2.29. The van der Waals surface area contributed by atoms with E-state index in [9.17, 15) is 13.2 Å². The van der Waals surface area contributed by atoms with Gasteiger partial charge in [-0.2, -0.15) is 0 Å². The summed E-state index contributed by atoms with van der Waals surface area (Å²) in [5.41, 5.74) is 1.75. The largest absolute Gasteiger partial charge is 0.204 e. The molecule has 1 atom stereocenters. The van der Waals surface area contributed by atoms with Crippen LogP contribution in [0, 0.1) is 42.1 Å². The average Bonchev–Trinajstić information content (AvgIpc) is 2.68. The van der Waals surface area contributed by atoms with Crippen LogP contribution >= 0.6 is 0 Å². The Morgan fingerprint density at radius 1 is 0.962 bits per heavy atom. The molecule has 0 spiro atoms. The molecule has 144 valence electrons. The van der Waals surface area contributed by atoms with Gasteiger partial charge in [-0.3, -0.25) is 0 Å².